The van der Waals surface area contributed by atoms with Gasteiger partial charge in [-0.25, -0.2) is 9.78 Å². The van der Waals surface area contributed by atoms with Crippen molar-refractivity contribution in [2.24, 2.45) is 0 Å². The summed E-state index contributed by atoms with van der Waals surface area (Å²) in [5, 5.41) is 5.19. The summed E-state index contributed by atoms with van der Waals surface area (Å²) < 4.78 is 5.19. The van der Waals surface area contributed by atoms with E-state index >= 15 is 0 Å². The summed E-state index contributed by atoms with van der Waals surface area (Å²) in [4.78, 5) is 25.1. The molecule has 1 fully saturated rings. The molecule has 1 saturated heterocycles. The van der Waals surface area contributed by atoms with Crippen LogP contribution in [-0.4, -0.2) is 54.2 Å². The normalized spacial score (nSPS) is 14.3. The highest BCUT2D eigenvalue weighted by molar-refractivity contribution is 5.94. The number of benzene rings is 1. The molecule has 0 saturated carbocycles. The molecule has 0 bridgehead atoms. The number of ether oxygens (including phenoxy) is 1. The lowest BCUT2D eigenvalue weighted by Crippen LogP contribution is -2.50. The number of aromatic nitrogens is 2. The number of methoxy groups -OCH3 is 1. The third-order valence-corrected chi connectivity index (χ3v) is 4.76. The van der Waals surface area contributed by atoms with Gasteiger partial charge in [-0.15, -0.1) is 0 Å². The molecule has 4 rings (SSSR count). The fraction of sp³-hybridized carbons (Fsp3) is 0.250. The van der Waals surface area contributed by atoms with Gasteiger partial charge in [0.05, 0.1) is 19.0 Å². The SMILES string of the molecule is COc1ncccc1NC(=O)N1CCN(c2cncc3ccccc23)CC1. The van der Waals surface area contributed by atoms with E-state index in [9.17, 15) is 4.79 Å². The highest BCUT2D eigenvalue weighted by Gasteiger charge is 2.23. The minimum Gasteiger partial charge on any atom is -0.480 e. The second-order valence-corrected chi connectivity index (χ2v) is 6.34. The van der Waals surface area contributed by atoms with Crippen LogP contribution in [0.2, 0.25) is 0 Å². The van der Waals surface area contributed by atoms with Gasteiger partial charge in [0.2, 0.25) is 5.88 Å². The van der Waals surface area contributed by atoms with Gasteiger partial charge in [0.15, 0.2) is 0 Å². The van der Waals surface area contributed by atoms with Crippen LogP contribution in [0.25, 0.3) is 10.8 Å². The summed E-state index contributed by atoms with van der Waals surface area (Å²) >= 11 is 0. The number of urea groups is 1. The average molecular weight is 363 g/mol. The number of nitrogens with one attached hydrogen (secondary N) is 1. The Labute approximate surface area is 157 Å². The van der Waals surface area contributed by atoms with Gasteiger partial charge in [0.1, 0.15) is 5.69 Å². The molecule has 0 aliphatic carbocycles. The average Bonchev–Trinajstić information content (AvgIpc) is 2.74. The van der Waals surface area contributed by atoms with Crippen molar-refractivity contribution >= 4 is 28.2 Å². The van der Waals surface area contributed by atoms with Crippen molar-refractivity contribution < 1.29 is 9.53 Å². The summed E-state index contributed by atoms with van der Waals surface area (Å²) in [5.41, 5.74) is 1.69. The Bertz CT molecular complexity index is 949. The number of amides is 2. The van der Waals surface area contributed by atoms with Crippen molar-refractivity contribution in [1.82, 2.24) is 14.9 Å². The van der Waals surface area contributed by atoms with E-state index in [1.807, 2.05) is 29.4 Å². The molecule has 1 N–H and O–H groups in total. The molecule has 2 amide bonds. The zero-order chi connectivity index (χ0) is 18.6. The molecule has 7 heteroatoms. The molecule has 3 aromatic rings. The molecule has 7 nitrogen and oxygen atoms in total. The fourth-order valence-corrected chi connectivity index (χ4v) is 3.35. The van der Waals surface area contributed by atoms with Gasteiger partial charge in [0.25, 0.3) is 0 Å². The Morgan fingerprint density at radius 2 is 1.89 bits per heavy atom. The van der Waals surface area contributed by atoms with Gasteiger partial charge in [-0.05, 0) is 12.1 Å². The third-order valence-electron chi connectivity index (χ3n) is 4.76. The van der Waals surface area contributed by atoms with E-state index in [0.29, 0.717) is 24.7 Å². The highest BCUT2D eigenvalue weighted by Crippen LogP contribution is 2.26. The summed E-state index contributed by atoms with van der Waals surface area (Å²) in [7, 11) is 1.54. The minimum atomic E-state index is -0.142. The van der Waals surface area contributed by atoms with Gasteiger partial charge in [-0.3, -0.25) is 4.98 Å². The van der Waals surface area contributed by atoms with Crippen LogP contribution in [0.15, 0.2) is 55.0 Å². The lowest BCUT2D eigenvalue weighted by molar-refractivity contribution is 0.208. The van der Waals surface area contributed by atoms with E-state index in [1.165, 1.54) is 12.5 Å². The van der Waals surface area contributed by atoms with E-state index < -0.39 is 0 Å². The molecule has 0 unspecified atom stereocenters. The number of pyridine rings is 2. The van der Waals surface area contributed by atoms with Crippen molar-refractivity contribution in [2.75, 3.05) is 43.5 Å². The Morgan fingerprint density at radius 1 is 1.07 bits per heavy atom. The largest absolute Gasteiger partial charge is 0.480 e. The summed E-state index contributed by atoms with van der Waals surface area (Å²) in [6, 6.07) is 11.6. The maximum atomic E-state index is 12.6. The number of hydrogen-bond acceptors (Lipinski definition) is 5. The van der Waals surface area contributed by atoms with Crippen molar-refractivity contribution in [3.8, 4) is 5.88 Å². The Kier molecular flexibility index (Phi) is 4.74. The number of hydrogen-bond donors (Lipinski definition) is 1. The van der Waals surface area contributed by atoms with Crippen molar-refractivity contribution in [3.05, 3.63) is 55.0 Å². The first kappa shape index (κ1) is 17.1. The van der Waals surface area contributed by atoms with Gasteiger partial charge in [-0.2, -0.15) is 0 Å². The lowest BCUT2D eigenvalue weighted by atomic mass is 10.1. The number of carbonyl (C=O) groups excluding carboxylic acids is 1. The molecule has 27 heavy (non-hydrogen) atoms. The van der Waals surface area contributed by atoms with Crippen LogP contribution in [0.5, 0.6) is 5.88 Å². The molecule has 1 aliphatic rings. The summed E-state index contributed by atoms with van der Waals surface area (Å²) in [6.45, 7) is 2.79. The fourth-order valence-electron chi connectivity index (χ4n) is 3.35. The van der Waals surface area contributed by atoms with Crippen LogP contribution in [-0.2, 0) is 0 Å². The monoisotopic (exact) mass is 363 g/mol. The second-order valence-electron chi connectivity index (χ2n) is 6.34. The molecule has 0 spiro atoms. The number of nitrogens with zero attached hydrogens (tertiary/aromatic N) is 4. The predicted octanol–water partition coefficient (Wildman–Crippen LogP) is 2.99. The smallest absolute Gasteiger partial charge is 0.322 e. The lowest BCUT2D eigenvalue weighted by Gasteiger charge is -2.36. The van der Waals surface area contributed by atoms with Gasteiger partial charge < -0.3 is 19.9 Å². The molecule has 3 heterocycles. The second kappa shape index (κ2) is 7.49. The maximum Gasteiger partial charge on any atom is 0.322 e. The van der Waals surface area contributed by atoms with Gasteiger partial charge in [0, 0.05) is 49.3 Å². The number of rotatable bonds is 3. The minimum absolute atomic E-state index is 0.142. The Morgan fingerprint density at radius 3 is 2.70 bits per heavy atom. The zero-order valence-electron chi connectivity index (χ0n) is 15.1. The highest BCUT2D eigenvalue weighted by atomic mass is 16.5. The van der Waals surface area contributed by atoms with Crippen LogP contribution in [0.4, 0.5) is 16.2 Å². The molecule has 138 valence electrons. The topological polar surface area (TPSA) is 70.6 Å². The van der Waals surface area contributed by atoms with Crippen molar-refractivity contribution in [1.29, 1.82) is 0 Å². The molecule has 0 radical (unpaired) electrons. The molecule has 0 atom stereocenters. The predicted molar refractivity (Wildman–Crippen MR) is 105 cm³/mol. The summed E-state index contributed by atoms with van der Waals surface area (Å²) in [6.07, 6.45) is 5.41. The zero-order valence-corrected chi connectivity index (χ0v) is 15.1. The maximum absolute atomic E-state index is 12.6. The first-order chi connectivity index (χ1) is 13.3. The van der Waals surface area contributed by atoms with E-state index in [4.69, 9.17) is 4.74 Å². The molecular weight excluding hydrogens is 342 g/mol. The van der Waals surface area contributed by atoms with Crippen LogP contribution in [0.1, 0.15) is 0 Å². The third kappa shape index (κ3) is 3.48. The van der Waals surface area contributed by atoms with E-state index in [0.717, 1.165) is 24.2 Å². The van der Waals surface area contributed by atoms with Gasteiger partial charge in [-0.1, -0.05) is 24.3 Å². The molecule has 1 aliphatic heterocycles. The Hall–Kier alpha value is -3.35. The van der Waals surface area contributed by atoms with E-state index in [1.54, 1.807) is 18.3 Å². The van der Waals surface area contributed by atoms with Gasteiger partial charge >= 0.3 is 6.03 Å². The van der Waals surface area contributed by atoms with Crippen molar-refractivity contribution in [3.63, 3.8) is 0 Å². The molecular formula is C20H21N5O2. The van der Waals surface area contributed by atoms with E-state index in [-0.39, 0.29) is 6.03 Å². The quantitative estimate of drug-likeness (QED) is 0.775. The first-order valence-corrected chi connectivity index (χ1v) is 8.89. The van der Waals surface area contributed by atoms with Crippen LogP contribution >= 0.6 is 0 Å². The number of piperazine rings is 1. The summed E-state index contributed by atoms with van der Waals surface area (Å²) in [5.74, 6) is 0.409. The van der Waals surface area contributed by atoms with Crippen molar-refractivity contribution in [2.45, 2.75) is 0 Å². The van der Waals surface area contributed by atoms with Crippen LogP contribution < -0.4 is 15.0 Å². The van der Waals surface area contributed by atoms with E-state index in [2.05, 4.69) is 32.3 Å². The molecule has 1 aromatic carbocycles. The number of carbonyl (C=O) groups is 1. The van der Waals surface area contributed by atoms with Crippen LogP contribution in [0, 0.1) is 0 Å². The number of anilines is 2. The first-order valence-electron chi connectivity index (χ1n) is 8.89. The Balaban J connectivity index is 1.43. The molecule has 2 aromatic heterocycles. The number of fused-ring (bicyclic) bond motifs is 1. The van der Waals surface area contributed by atoms with Crippen LogP contribution in [0.3, 0.4) is 0 Å². The standard InChI is InChI=1S/C20H21N5O2/c1-27-19-17(7-4-8-22-19)23-20(26)25-11-9-24(10-12-25)18-14-21-13-15-5-2-3-6-16(15)18/h2-8,13-14H,9-12H2,1H3,(H,23,26).